The van der Waals surface area contributed by atoms with Crippen LogP contribution in [0.3, 0.4) is 0 Å². The number of nitrogens with zero attached hydrogens (tertiary/aromatic N) is 4. The van der Waals surface area contributed by atoms with Gasteiger partial charge in [0.05, 0.1) is 50.1 Å². The van der Waals surface area contributed by atoms with Gasteiger partial charge in [0.2, 0.25) is 23.7 Å². The summed E-state index contributed by atoms with van der Waals surface area (Å²) in [5, 5.41) is 5.35. The van der Waals surface area contributed by atoms with Crippen molar-refractivity contribution in [3.63, 3.8) is 0 Å². The number of likely N-dealkylation sites (tertiary alicyclic amines) is 2. The van der Waals surface area contributed by atoms with Crippen molar-refractivity contribution in [2.24, 2.45) is 23.7 Å². The van der Waals surface area contributed by atoms with E-state index in [1.165, 1.54) is 14.2 Å². The first kappa shape index (κ1) is 48.5. The summed E-state index contributed by atoms with van der Waals surface area (Å²) < 4.78 is 66.2. The largest absolute Gasteiger partial charge is 0.453 e. The molecular formula is C50H62F4N8O6. The Morgan fingerprint density at radius 3 is 1.24 bits per heavy atom. The highest BCUT2D eigenvalue weighted by atomic mass is 19.3. The number of carbonyl (C=O) groups excluding carboxylic acids is 4. The number of carbonyl (C=O) groups is 4. The number of H-pyrrole nitrogens is 2. The molecule has 4 N–H and O–H groups in total. The molecular weight excluding hydrogens is 885 g/mol. The minimum Gasteiger partial charge on any atom is -0.453 e. The zero-order valence-electron chi connectivity index (χ0n) is 39.4. The van der Waals surface area contributed by atoms with Gasteiger partial charge in [-0.15, -0.1) is 0 Å². The van der Waals surface area contributed by atoms with Crippen molar-refractivity contribution in [1.82, 2.24) is 40.4 Å². The van der Waals surface area contributed by atoms with Gasteiger partial charge in [-0.3, -0.25) is 9.59 Å². The molecule has 68 heavy (non-hydrogen) atoms. The van der Waals surface area contributed by atoms with Crippen molar-refractivity contribution >= 4 is 24.0 Å². The number of hydrogen-bond donors (Lipinski definition) is 4. The Bertz CT molecular complexity index is 2260. The van der Waals surface area contributed by atoms with E-state index in [-0.39, 0.29) is 87.1 Å². The van der Waals surface area contributed by atoms with Crippen molar-refractivity contribution in [3.8, 4) is 33.6 Å². The SMILES string of the molecule is COC(=O)N[C@H](C(=O)N1[C@H](C)C(C)C[C@H]1c1ncc(-c2ccc(-c3ccc(-c4cnc([C@@H]5CC(C)[C@@H](C)N5C(=O)[C@@H](NC(=O)OC)C5CCC(F)(F)CC5)[nH]4)cc3)cc2)[nH]1)C1CCC(F)(F)CC1. The number of rotatable bonds is 11. The molecule has 2 aromatic carbocycles. The molecule has 0 bridgehead atoms. The van der Waals surface area contributed by atoms with Gasteiger partial charge in [0.25, 0.3) is 0 Å². The minimum atomic E-state index is -2.79. The smallest absolute Gasteiger partial charge is 0.407 e. The van der Waals surface area contributed by atoms with Crippen molar-refractivity contribution in [2.75, 3.05) is 14.2 Å². The van der Waals surface area contributed by atoms with Crippen LogP contribution in [0.25, 0.3) is 33.6 Å². The number of amides is 4. The lowest BCUT2D eigenvalue weighted by atomic mass is 9.81. The summed E-state index contributed by atoms with van der Waals surface area (Å²) in [5.74, 6) is -5.74. The fourth-order valence-electron chi connectivity index (χ4n) is 10.9. The first-order chi connectivity index (χ1) is 32.4. The van der Waals surface area contributed by atoms with Gasteiger partial charge in [-0.2, -0.15) is 0 Å². The average Bonchev–Trinajstić information content (AvgIpc) is 4.14. The Morgan fingerprint density at radius 2 is 0.912 bits per heavy atom. The molecule has 2 unspecified atom stereocenters. The van der Waals surface area contributed by atoms with Gasteiger partial charge < -0.3 is 39.9 Å². The van der Waals surface area contributed by atoms with E-state index in [9.17, 15) is 36.7 Å². The fraction of sp³-hybridized carbons (Fsp3) is 0.560. The summed E-state index contributed by atoms with van der Waals surface area (Å²) in [6, 6.07) is 12.8. The Morgan fingerprint density at radius 1 is 0.588 bits per heavy atom. The number of hydrogen-bond acceptors (Lipinski definition) is 8. The summed E-state index contributed by atoms with van der Waals surface area (Å²) in [4.78, 5) is 73.4. The number of alkyl halides is 4. The Kier molecular flexibility index (Phi) is 14.0. The van der Waals surface area contributed by atoms with Crippen LogP contribution in [0.5, 0.6) is 0 Å². The van der Waals surface area contributed by atoms with Gasteiger partial charge in [0, 0.05) is 37.8 Å². The van der Waals surface area contributed by atoms with Crippen molar-refractivity contribution in [1.29, 1.82) is 0 Å². The molecule has 2 saturated heterocycles. The van der Waals surface area contributed by atoms with Crippen LogP contribution < -0.4 is 10.6 Å². The van der Waals surface area contributed by atoms with Crippen molar-refractivity contribution in [3.05, 3.63) is 72.6 Å². The van der Waals surface area contributed by atoms with E-state index >= 15 is 0 Å². The maximum absolute atomic E-state index is 14.4. The predicted octanol–water partition coefficient (Wildman–Crippen LogP) is 9.83. The lowest BCUT2D eigenvalue weighted by Gasteiger charge is -2.37. The molecule has 366 valence electrons. The molecule has 4 heterocycles. The Balaban J connectivity index is 0.946. The van der Waals surface area contributed by atoms with Crippen LogP contribution in [0, 0.1) is 23.7 Å². The van der Waals surface area contributed by atoms with Gasteiger partial charge in [-0.05, 0) is 98.3 Å². The van der Waals surface area contributed by atoms with Crippen LogP contribution >= 0.6 is 0 Å². The molecule has 4 fully saturated rings. The second-order valence-electron chi connectivity index (χ2n) is 19.6. The topological polar surface area (TPSA) is 175 Å². The number of aromatic nitrogens is 4. The molecule has 18 heteroatoms. The number of nitrogens with one attached hydrogen (secondary N) is 4. The molecule has 2 aromatic heterocycles. The van der Waals surface area contributed by atoms with Gasteiger partial charge in [0.1, 0.15) is 23.7 Å². The van der Waals surface area contributed by atoms with Gasteiger partial charge in [0.15, 0.2) is 0 Å². The van der Waals surface area contributed by atoms with Gasteiger partial charge >= 0.3 is 12.2 Å². The molecule has 8 rings (SSSR count). The van der Waals surface area contributed by atoms with E-state index < -0.39 is 60.0 Å². The van der Waals surface area contributed by atoms with Crippen LogP contribution in [0.1, 0.15) is 116 Å². The molecule has 2 saturated carbocycles. The lowest BCUT2D eigenvalue weighted by Crippen LogP contribution is -2.54. The van der Waals surface area contributed by atoms with Crippen LogP contribution in [0.15, 0.2) is 60.9 Å². The summed E-state index contributed by atoms with van der Waals surface area (Å²) in [6.07, 6.45) is 2.21. The highest BCUT2D eigenvalue weighted by molar-refractivity contribution is 5.88. The standard InChI is InChI=1S/C50H62F4N8O6/c1-27-23-39(61(29(27)3)45(63)41(59-47(65)67-5)35-15-19-49(51,52)20-16-35)43-55-25-37(57-43)33-11-7-31(8-12-33)32-9-13-34(14-10-32)38-26-56-44(58-38)40-24-28(2)30(4)62(40)46(64)42(60-48(66)68-6)36-17-21-50(53,54)22-18-36/h7-14,25-30,35-36,39-42H,15-24H2,1-6H3,(H,55,57)(H,56,58)(H,59,65)(H,60,66)/t27?,28?,29-,30-,39+,40+,41+,42+/m1/s1. The molecule has 0 spiro atoms. The number of halogens is 4. The maximum atomic E-state index is 14.4. The van der Waals surface area contributed by atoms with E-state index in [1.54, 1.807) is 22.2 Å². The zero-order valence-corrected chi connectivity index (χ0v) is 39.4. The number of benzene rings is 2. The first-order valence-electron chi connectivity index (χ1n) is 23.8. The van der Waals surface area contributed by atoms with Crippen molar-refractivity contribution < 1.29 is 46.2 Å². The normalized spacial score (nSPS) is 26.0. The quantitative estimate of drug-likeness (QED) is 0.108. The number of ether oxygens (including phenoxy) is 2. The third kappa shape index (κ3) is 10.1. The Hall–Kier alpha value is -5.94. The zero-order chi connectivity index (χ0) is 48.7. The number of methoxy groups -OCH3 is 2. The molecule has 0 radical (unpaired) electrons. The molecule has 14 nitrogen and oxygen atoms in total. The molecule has 8 atom stereocenters. The van der Waals surface area contributed by atoms with Gasteiger partial charge in [-0.25, -0.2) is 37.1 Å². The average molecular weight is 947 g/mol. The Labute approximate surface area is 393 Å². The first-order valence-corrected chi connectivity index (χ1v) is 23.8. The molecule has 4 aromatic rings. The summed E-state index contributed by atoms with van der Waals surface area (Å²) in [6.45, 7) is 8.04. The van der Waals surface area contributed by atoms with E-state index in [0.29, 0.717) is 24.5 Å². The maximum Gasteiger partial charge on any atom is 0.407 e. The minimum absolute atomic E-state index is 0.106. The molecule has 4 aliphatic rings. The monoisotopic (exact) mass is 946 g/mol. The van der Waals surface area contributed by atoms with E-state index in [2.05, 4.69) is 34.4 Å². The summed E-state index contributed by atoms with van der Waals surface area (Å²) in [5.41, 5.74) is 5.24. The van der Waals surface area contributed by atoms with Crippen LogP contribution in [-0.2, 0) is 19.1 Å². The third-order valence-corrected chi connectivity index (χ3v) is 15.4. The number of aromatic amines is 2. The van der Waals surface area contributed by atoms with Crippen LogP contribution in [-0.4, -0.2) is 104 Å². The highest BCUT2D eigenvalue weighted by Crippen LogP contribution is 2.45. The molecule has 4 amide bonds. The van der Waals surface area contributed by atoms with Crippen molar-refractivity contribution in [2.45, 2.75) is 140 Å². The van der Waals surface area contributed by atoms with E-state index in [1.807, 2.05) is 62.4 Å². The molecule has 2 aliphatic carbocycles. The lowest BCUT2D eigenvalue weighted by molar-refractivity contribution is -0.140. The summed E-state index contributed by atoms with van der Waals surface area (Å²) in [7, 11) is 2.42. The van der Waals surface area contributed by atoms with E-state index in [0.717, 1.165) is 33.6 Å². The van der Waals surface area contributed by atoms with Gasteiger partial charge in [-0.1, -0.05) is 62.4 Å². The second-order valence-corrected chi connectivity index (χ2v) is 19.6. The highest BCUT2D eigenvalue weighted by Gasteiger charge is 2.49. The van der Waals surface area contributed by atoms with Crippen LogP contribution in [0.4, 0.5) is 27.2 Å². The third-order valence-electron chi connectivity index (χ3n) is 15.4. The second kappa shape index (κ2) is 19.6. The molecule has 2 aliphatic heterocycles. The number of alkyl carbamates (subject to hydrolysis) is 2. The van der Waals surface area contributed by atoms with Crippen LogP contribution in [0.2, 0.25) is 0 Å². The number of imidazole rings is 2. The van der Waals surface area contributed by atoms with E-state index in [4.69, 9.17) is 19.4 Å². The predicted molar refractivity (Wildman–Crippen MR) is 245 cm³/mol. The summed E-state index contributed by atoms with van der Waals surface area (Å²) >= 11 is 0. The fourth-order valence-corrected chi connectivity index (χ4v) is 10.9.